The summed E-state index contributed by atoms with van der Waals surface area (Å²) >= 11 is 0. The summed E-state index contributed by atoms with van der Waals surface area (Å²) in [6.07, 6.45) is 7.38. The lowest BCUT2D eigenvalue weighted by atomic mass is 9.78. The number of ether oxygens (including phenoxy) is 2. The molecule has 1 N–H and O–H groups in total. The fourth-order valence-electron chi connectivity index (χ4n) is 3.26. The normalized spacial score (nSPS) is 12.2. The first-order valence-corrected chi connectivity index (χ1v) is 11.1. The maximum absolute atomic E-state index is 12.6. The van der Waals surface area contributed by atoms with Gasteiger partial charge in [0.1, 0.15) is 12.4 Å². The van der Waals surface area contributed by atoms with Crippen LogP contribution in [-0.2, 0) is 20.3 Å². The van der Waals surface area contributed by atoms with E-state index in [9.17, 15) is 9.90 Å². The molecule has 0 heterocycles. The molecule has 0 saturated carbocycles. The van der Waals surface area contributed by atoms with Gasteiger partial charge in [-0.3, -0.25) is 0 Å². The molecule has 0 amide bonds. The molecule has 0 radical (unpaired) electrons. The highest BCUT2D eigenvalue weighted by atomic mass is 16.6. The Balaban J connectivity index is 2.60. The lowest BCUT2D eigenvalue weighted by molar-refractivity contribution is 0.0312. The zero-order chi connectivity index (χ0) is 22.1. The van der Waals surface area contributed by atoms with Crippen LogP contribution in [0.2, 0.25) is 0 Å². The Morgan fingerprint density at radius 2 is 1.34 bits per heavy atom. The quantitative estimate of drug-likeness (QED) is 0.336. The van der Waals surface area contributed by atoms with Crippen LogP contribution < -0.4 is 0 Å². The number of aromatic hydroxyl groups is 1. The van der Waals surface area contributed by atoms with Crippen molar-refractivity contribution in [3.8, 4) is 5.75 Å². The van der Waals surface area contributed by atoms with Gasteiger partial charge in [-0.15, -0.1) is 0 Å². The zero-order valence-corrected chi connectivity index (χ0v) is 19.7. The Bertz CT molecular complexity index is 600. The Morgan fingerprint density at radius 1 is 0.828 bits per heavy atom. The largest absolute Gasteiger partial charge is 0.507 e. The number of esters is 1. The van der Waals surface area contributed by atoms with E-state index in [2.05, 4.69) is 6.92 Å². The molecular formula is C25H42O4. The summed E-state index contributed by atoms with van der Waals surface area (Å²) in [6, 6.07) is 3.51. The highest BCUT2D eigenvalue weighted by molar-refractivity contribution is 5.90. The second-order valence-corrected chi connectivity index (χ2v) is 9.94. The molecule has 4 heteroatoms. The Kier molecular flexibility index (Phi) is 10.2. The average molecular weight is 407 g/mol. The van der Waals surface area contributed by atoms with Crippen LogP contribution >= 0.6 is 0 Å². The van der Waals surface area contributed by atoms with Crippen molar-refractivity contribution in [2.45, 2.75) is 97.8 Å². The van der Waals surface area contributed by atoms with Gasteiger partial charge in [-0.2, -0.15) is 0 Å². The number of carbonyl (C=O) groups excluding carboxylic acids is 1. The second-order valence-electron chi connectivity index (χ2n) is 9.94. The maximum Gasteiger partial charge on any atom is 0.338 e. The highest BCUT2D eigenvalue weighted by Crippen LogP contribution is 2.39. The molecule has 0 aliphatic rings. The summed E-state index contributed by atoms with van der Waals surface area (Å²) in [5, 5.41) is 10.8. The van der Waals surface area contributed by atoms with Gasteiger partial charge in [-0.1, -0.05) is 80.6 Å². The first kappa shape index (κ1) is 25.5. The fraction of sp³-hybridized carbons (Fsp3) is 0.720. The molecule has 0 atom stereocenters. The lowest BCUT2D eigenvalue weighted by Crippen LogP contribution is -2.20. The van der Waals surface area contributed by atoms with Gasteiger partial charge in [0, 0.05) is 17.7 Å². The zero-order valence-electron chi connectivity index (χ0n) is 19.7. The van der Waals surface area contributed by atoms with Gasteiger partial charge >= 0.3 is 5.97 Å². The van der Waals surface area contributed by atoms with Gasteiger partial charge < -0.3 is 14.6 Å². The molecule has 1 aromatic carbocycles. The van der Waals surface area contributed by atoms with Crippen molar-refractivity contribution in [3.05, 3.63) is 28.8 Å². The minimum absolute atomic E-state index is 0.241. The highest BCUT2D eigenvalue weighted by Gasteiger charge is 2.28. The van der Waals surface area contributed by atoms with E-state index in [0.29, 0.717) is 18.8 Å². The van der Waals surface area contributed by atoms with Crippen LogP contribution in [0, 0.1) is 0 Å². The summed E-state index contributed by atoms with van der Waals surface area (Å²) in [6.45, 7) is 15.8. The van der Waals surface area contributed by atoms with Crippen molar-refractivity contribution >= 4 is 5.97 Å². The lowest BCUT2D eigenvalue weighted by Gasteiger charge is -2.27. The third kappa shape index (κ3) is 8.77. The van der Waals surface area contributed by atoms with Crippen LogP contribution in [0.25, 0.3) is 0 Å². The van der Waals surface area contributed by atoms with Crippen molar-refractivity contribution in [2.24, 2.45) is 0 Å². The number of phenolic OH excluding ortho intramolecular Hbond substituents is 1. The Hall–Kier alpha value is -1.55. The van der Waals surface area contributed by atoms with E-state index in [1.54, 1.807) is 12.1 Å². The number of hydrogen-bond donors (Lipinski definition) is 1. The van der Waals surface area contributed by atoms with Crippen LogP contribution in [0.5, 0.6) is 5.75 Å². The van der Waals surface area contributed by atoms with Crippen molar-refractivity contribution in [1.82, 2.24) is 0 Å². The molecule has 0 aliphatic carbocycles. The summed E-state index contributed by atoms with van der Waals surface area (Å²) in [5.74, 6) is -0.104. The van der Waals surface area contributed by atoms with E-state index in [0.717, 1.165) is 17.5 Å². The second kappa shape index (κ2) is 11.6. The summed E-state index contributed by atoms with van der Waals surface area (Å²) in [7, 11) is 0. The first-order valence-electron chi connectivity index (χ1n) is 11.1. The molecule has 0 saturated heterocycles. The minimum Gasteiger partial charge on any atom is -0.507 e. The van der Waals surface area contributed by atoms with Crippen LogP contribution in [0.1, 0.15) is 108 Å². The topological polar surface area (TPSA) is 55.8 Å². The van der Waals surface area contributed by atoms with Gasteiger partial charge in [0.15, 0.2) is 0 Å². The number of benzene rings is 1. The summed E-state index contributed by atoms with van der Waals surface area (Å²) < 4.78 is 11.0. The van der Waals surface area contributed by atoms with E-state index in [-0.39, 0.29) is 29.2 Å². The smallest absolute Gasteiger partial charge is 0.338 e. The van der Waals surface area contributed by atoms with E-state index < -0.39 is 0 Å². The summed E-state index contributed by atoms with van der Waals surface area (Å²) in [5.41, 5.74) is 1.45. The van der Waals surface area contributed by atoms with E-state index in [1.807, 2.05) is 41.5 Å². The molecule has 1 aromatic rings. The molecule has 29 heavy (non-hydrogen) atoms. The molecular weight excluding hydrogens is 364 g/mol. The fourth-order valence-corrected chi connectivity index (χ4v) is 3.26. The minimum atomic E-state index is -0.371. The number of phenols is 1. The molecule has 0 aliphatic heterocycles. The molecule has 0 aromatic heterocycles. The molecule has 0 unspecified atom stereocenters. The van der Waals surface area contributed by atoms with Crippen molar-refractivity contribution < 1.29 is 19.4 Å². The van der Waals surface area contributed by atoms with Gasteiger partial charge in [0.05, 0.1) is 12.2 Å². The molecule has 1 rings (SSSR count). The van der Waals surface area contributed by atoms with Crippen LogP contribution in [0.3, 0.4) is 0 Å². The monoisotopic (exact) mass is 406 g/mol. The average Bonchev–Trinajstić information content (AvgIpc) is 2.61. The maximum atomic E-state index is 12.6. The predicted octanol–water partition coefficient (Wildman–Crippen LogP) is 6.52. The van der Waals surface area contributed by atoms with E-state index in [1.165, 1.54) is 32.1 Å². The van der Waals surface area contributed by atoms with Crippen LogP contribution in [0.15, 0.2) is 12.1 Å². The van der Waals surface area contributed by atoms with Crippen molar-refractivity contribution in [3.63, 3.8) is 0 Å². The van der Waals surface area contributed by atoms with Gasteiger partial charge in [0.25, 0.3) is 0 Å². The van der Waals surface area contributed by atoms with Gasteiger partial charge in [-0.05, 0) is 29.4 Å². The van der Waals surface area contributed by atoms with Crippen LogP contribution in [0.4, 0.5) is 0 Å². The SMILES string of the molecule is CCCCCCCCOCCOC(=O)c1cc(C(C)(C)C)c(O)c(C(C)(C)C)c1. The first-order chi connectivity index (χ1) is 13.5. The number of unbranched alkanes of at least 4 members (excludes halogenated alkanes) is 5. The van der Waals surface area contributed by atoms with Gasteiger partial charge in [-0.25, -0.2) is 4.79 Å². The third-order valence-corrected chi connectivity index (χ3v) is 5.06. The van der Waals surface area contributed by atoms with E-state index >= 15 is 0 Å². The molecule has 4 nitrogen and oxygen atoms in total. The van der Waals surface area contributed by atoms with Crippen molar-refractivity contribution in [2.75, 3.05) is 19.8 Å². The number of rotatable bonds is 11. The van der Waals surface area contributed by atoms with Gasteiger partial charge in [0.2, 0.25) is 0 Å². The standard InChI is InChI=1S/C25H42O4/c1-8-9-10-11-12-13-14-28-15-16-29-23(27)19-17-20(24(2,3)4)22(26)21(18-19)25(5,6)7/h17-18,26H,8-16H2,1-7H3. The Labute approximate surface area is 178 Å². The van der Waals surface area contributed by atoms with Crippen LogP contribution in [-0.4, -0.2) is 30.9 Å². The number of carbonyl (C=O) groups is 1. The molecule has 0 spiro atoms. The van der Waals surface area contributed by atoms with Crippen molar-refractivity contribution in [1.29, 1.82) is 0 Å². The van der Waals surface area contributed by atoms with E-state index in [4.69, 9.17) is 9.47 Å². The molecule has 0 fully saturated rings. The Morgan fingerprint density at radius 3 is 1.86 bits per heavy atom. The summed E-state index contributed by atoms with van der Waals surface area (Å²) in [4.78, 5) is 12.6. The molecule has 166 valence electrons. The predicted molar refractivity (Wildman–Crippen MR) is 120 cm³/mol. The third-order valence-electron chi connectivity index (χ3n) is 5.06. The number of hydrogen-bond acceptors (Lipinski definition) is 4. The molecule has 0 bridgehead atoms.